The molecule has 20 heavy (non-hydrogen) atoms. The molecule has 2 rings (SSSR count). The second-order valence-electron chi connectivity index (χ2n) is 5.61. The lowest BCUT2D eigenvalue weighted by molar-refractivity contribution is 0.0946. The molecule has 1 aromatic rings. The quantitative estimate of drug-likeness (QED) is 0.803. The summed E-state index contributed by atoms with van der Waals surface area (Å²) in [6.07, 6.45) is 3.46. The van der Waals surface area contributed by atoms with Gasteiger partial charge in [-0.25, -0.2) is 12.7 Å². The number of piperidine rings is 1. The van der Waals surface area contributed by atoms with E-state index in [1.807, 2.05) is 19.9 Å². The molecule has 1 aliphatic heterocycles. The lowest BCUT2D eigenvalue weighted by Crippen LogP contribution is -2.39. The van der Waals surface area contributed by atoms with Crippen LogP contribution in [0.1, 0.15) is 39.4 Å². The van der Waals surface area contributed by atoms with Crippen LogP contribution in [-0.4, -0.2) is 37.9 Å². The van der Waals surface area contributed by atoms with E-state index in [1.165, 1.54) is 26.8 Å². The number of sulfonamides is 1. The Balaban J connectivity index is 2.01. The van der Waals surface area contributed by atoms with Crippen LogP contribution < -0.4 is 0 Å². The number of carbonyl (C=O) groups is 1. The Morgan fingerprint density at radius 2 is 2.15 bits per heavy atom. The average Bonchev–Trinajstić information content (AvgIpc) is 2.69. The van der Waals surface area contributed by atoms with Crippen LogP contribution >= 0.6 is 11.3 Å². The Labute approximate surface area is 124 Å². The number of hydrogen-bond donors (Lipinski definition) is 0. The van der Waals surface area contributed by atoms with E-state index >= 15 is 0 Å². The summed E-state index contributed by atoms with van der Waals surface area (Å²) in [6, 6.07) is 1.94. The van der Waals surface area contributed by atoms with Crippen molar-refractivity contribution in [1.82, 2.24) is 4.31 Å². The van der Waals surface area contributed by atoms with Crippen LogP contribution in [0.2, 0.25) is 0 Å². The molecule has 1 fully saturated rings. The fraction of sp³-hybridized carbons (Fsp3) is 0.643. The highest BCUT2D eigenvalue weighted by molar-refractivity contribution is 7.88. The molecule has 1 aromatic heterocycles. The first kappa shape index (κ1) is 15.7. The van der Waals surface area contributed by atoms with Gasteiger partial charge in [0.05, 0.1) is 11.1 Å². The molecular weight excluding hydrogens is 294 g/mol. The van der Waals surface area contributed by atoms with Crippen molar-refractivity contribution in [1.29, 1.82) is 0 Å². The van der Waals surface area contributed by atoms with E-state index in [4.69, 9.17) is 0 Å². The van der Waals surface area contributed by atoms with Gasteiger partial charge in [0.1, 0.15) is 0 Å². The Hall–Kier alpha value is -0.720. The van der Waals surface area contributed by atoms with E-state index in [2.05, 4.69) is 0 Å². The van der Waals surface area contributed by atoms with E-state index in [0.717, 1.165) is 23.3 Å². The molecule has 1 saturated heterocycles. The van der Waals surface area contributed by atoms with Gasteiger partial charge in [-0.2, -0.15) is 0 Å². The number of rotatable bonds is 4. The summed E-state index contributed by atoms with van der Waals surface area (Å²) in [5, 5.41) is 0. The molecule has 0 aliphatic carbocycles. The minimum Gasteiger partial charge on any atom is -0.293 e. The first-order chi connectivity index (χ1) is 9.27. The summed E-state index contributed by atoms with van der Waals surface area (Å²) in [7, 11) is -3.14. The number of thiophene rings is 1. The van der Waals surface area contributed by atoms with Crippen molar-refractivity contribution in [2.45, 2.75) is 33.1 Å². The summed E-state index contributed by atoms with van der Waals surface area (Å²) in [5.74, 6) is 0.292. The lowest BCUT2D eigenvalue weighted by atomic mass is 9.93. The second-order valence-corrected chi connectivity index (χ2v) is 8.85. The van der Waals surface area contributed by atoms with Crippen LogP contribution in [0.4, 0.5) is 0 Å². The summed E-state index contributed by atoms with van der Waals surface area (Å²) in [4.78, 5) is 14.3. The van der Waals surface area contributed by atoms with Crippen molar-refractivity contribution in [3.05, 3.63) is 21.4 Å². The summed E-state index contributed by atoms with van der Waals surface area (Å²) in [5.41, 5.74) is 1.15. The van der Waals surface area contributed by atoms with Crippen LogP contribution in [0, 0.1) is 19.8 Å². The molecule has 1 unspecified atom stereocenters. The molecule has 0 amide bonds. The van der Waals surface area contributed by atoms with Crippen molar-refractivity contribution in [3.63, 3.8) is 0 Å². The molecule has 0 aromatic carbocycles. The third kappa shape index (κ3) is 3.68. The minimum atomic E-state index is -3.14. The van der Waals surface area contributed by atoms with Crippen molar-refractivity contribution in [2.75, 3.05) is 19.3 Å². The SMILES string of the molecule is Cc1cc(C(=O)CC2CCCN(S(C)(=O)=O)C2)sc1C. The van der Waals surface area contributed by atoms with Crippen molar-refractivity contribution in [2.24, 2.45) is 5.92 Å². The van der Waals surface area contributed by atoms with E-state index in [0.29, 0.717) is 19.5 Å². The average molecular weight is 315 g/mol. The van der Waals surface area contributed by atoms with Crippen LogP contribution in [0.15, 0.2) is 6.07 Å². The highest BCUT2D eigenvalue weighted by atomic mass is 32.2. The third-order valence-corrected chi connectivity index (χ3v) is 6.33. The number of hydrogen-bond acceptors (Lipinski definition) is 4. The minimum absolute atomic E-state index is 0.145. The summed E-state index contributed by atoms with van der Waals surface area (Å²) >= 11 is 1.54. The fourth-order valence-electron chi connectivity index (χ4n) is 2.57. The normalized spacial score (nSPS) is 21.1. The second kappa shape index (κ2) is 5.95. The van der Waals surface area contributed by atoms with E-state index in [1.54, 1.807) is 0 Å². The first-order valence-electron chi connectivity index (χ1n) is 6.82. The number of carbonyl (C=O) groups excluding carboxylic acids is 1. The predicted molar refractivity (Wildman–Crippen MR) is 81.9 cm³/mol. The zero-order valence-electron chi connectivity index (χ0n) is 12.2. The van der Waals surface area contributed by atoms with Gasteiger partial charge < -0.3 is 0 Å². The Morgan fingerprint density at radius 1 is 1.45 bits per heavy atom. The van der Waals surface area contributed by atoms with Gasteiger partial charge in [-0.3, -0.25) is 4.79 Å². The number of Topliss-reactive ketones (excluding diaryl/α,β-unsaturated/α-hetero) is 1. The van der Waals surface area contributed by atoms with Gasteiger partial charge in [0.25, 0.3) is 0 Å². The van der Waals surface area contributed by atoms with Crippen molar-refractivity contribution < 1.29 is 13.2 Å². The largest absolute Gasteiger partial charge is 0.293 e. The highest BCUT2D eigenvalue weighted by Gasteiger charge is 2.27. The van der Waals surface area contributed by atoms with Crippen molar-refractivity contribution >= 4 is 27.1 Å². The zero-order chi connectivity index (χ0) is 14.9. The summed E-state index contributed by atoms with van der Waals surface area (Å²) in [6.45, 7) is 5.09. The maximum Gasteiger partial charge on any atom is 0.211 e. The van der Waals surface area contributed by atoms with Gasteiger partial charge in [-0.1, -0.05) is 0 Å². The molecule has 0 radical (unpaired) electrons. The lowest BCUT2D eigenvalue weighted by Gasteiger charge is -2.30. The van der Waals surface area contributed by atoms with Gasteiger partial charge in [0, 0.05) is 24.4 Å². The molecule has 0 spiro atoms. The fourth-order valence-corrected chi connectivity index (χ4v) is 4.49. The summed E-state index contributed by atoms with van der Waals surface area (Å²) < 4.78 is 24.7. The predicted octanol–water partition coefficient (Wildman–Crippen LogP) is 2.61. The molecule has 0 bridgehead atoms. The van der Waals surface area contributed by atoms with E-state index < -0.39 is 10.0 Å². The number of ketones is 1. The molecule has 4 nitrogen and oxygen atoms in total. The van der Waals surface area contributed by atoms with Crippen LogP contribution in [-0.2, 0) is 10.0 Å². The molecule has 2 heterocycles. The monoisotopic (exact) mass is 315 g/mol. The third-order valence-electron chi connectivity index (χ3n) is 3.87. The molecular formula is C14H21NO3S2. The molecule has 1 atom stereocenters. The van der Waals surface area contributed by atoms with Crippen LogP contribution in [0.25, 0.3) is 0 Å². The standard InChI is InChI=1S/C14H21NO3S2/c1-10-7-14(19-11(10)2)13(16)8-12-5-4-6-15(9-12)20(3,17)18/h7,12H,4-6,8-9H2,1-3H3. The zero-order valence-corrected chi connectivity index (χ0v) is 13.8. The van der Waals surface area contributed by atoms with Gasteiger partial charge >= 0.3 is 0 Å². The van der Waals surface area contributed by atoms with Gasteiger partial charge in [-0.05, 0) is 44.2 Å². The van der Waals surface area contributed by atoms with Crippen LogP contribution in [0.3, 0.4) is 0 Å². The van der Waals surface area contributed by atoms with E-state index in [-0.39, 0.29) is 11.7 Å². The maximum atomic E-state index is 12.3. The maximum absolute atomic E-state index is 12.3. The van der Waals surface area contributed by atoms with Crippen molar-refractivity contribution in [3.8, 4) is 0 Å². The molecule has 6 heteroatoms. The smallest absolute Gasteiger partial charge is 0.211 e. The highest BCUT2D eigenvalue weighted by Crippen LogP contribution is 2.26. The van der Waals surface area contributed by atoms with Gasteiger partial charge in [0.2, 0.25) is 10.0 Å². The number of nitrogens with zero attached hydrogens (tertiary/aromatic N) is 1. The molecule has 112 valence electrons. The Kier molecular flexibility index (Phi) is 4.66. The topological polar surface area (TPSA) is 54.5 Å². The number of aryl methyl sites for hydroxylation is 2. The Morgan fingerprint density at radius 3 is 2.70 bits per heavy atom. The van der Waals surface area contributed by atoms with E-state index in [9.17, 15) is 13.2 Å². The molecule has 1 aliphatic rings. The molecule has 0 saturated carbocycles. The first-order valence-corrected chi connectivity index (χ1v) is 9.49. The van der Waals surface area contributed by atoms with Crippen LogP contribution in [0.5, 0.6) is 0 Å². The Bertz CT molecular complexity index is 584. The van der Waals surface area contributed by atoms with Gasteiger partial charge in [0.15, 0.2) is 5.78 Å². The van der Waals surface area contributed by atoms with Gasteiger partial charge in [-0.15, -0.1) is 11.3 Å². The molecule has 0 N–H and O–H groups in total.